The molecule has 1 N–H and O–H groups in total. The Balaban J connectivity index is 2.31. The summed E-state index contributed by atoms with van der Waals surface area (Å²) >= 11 is 0. The summed E-state index contributed by atoms with van der Waals surface area (Å²) in [5.74, 6) is 1.42. The van der Waals surface area contributed by atoms with Gasteiger partial charge in [-0.15, -0.1) is 0 Å². The van der Waals surface area contributed by atoms with E-state index in [9.17, 15) is 5.11 Å². The van der Waals surface area contributed by atoms with E-state index in [1.54, 1.807) is 0 Å². The lowest BCUT2D eigenvalue weighted by atomic mass is 9.64. The van der Waals surface area contributed by atoms with Crippen molar-refractivity contribution in [1.29, 1.82) is 0 Å². The minimum atomic E-state index is 0.389. The van der Waals surface area contributed by atoms with Gasteiger partial charge in [0.25, 0.3) is 0 Å². The molecule has 0 radical (unpaired) electrons. The number of hydrogen-bond donors (Lipinski definition) is 1. The summed E-state index contributed by atoms with van der Waals surface area (Å²) < 4.78 is 0. The molecule has 0 aliphatic heterocycles. The van der Waals surface area contributed by atoms with E-state index in [1.807, 2.05) is 0 Å². The molecule has 3 atom stereocenters. The SMILES string of the molecule is CC12CCC(C1)C(C)(C)C2CO. The van der Waals surface area contributed by atoms with Crippen LogP contribution < -0.4 is 0 Å². The number of hydrogen-bond acceptors (Lipinski definition) is 1. The van der Waals surface area contributed by atoms with E-state index in [4.69, 9.17) is 0 Å². The lowest BCUT2D eigenvalue weighted by Crippen LogP contribution is -2.37. The molecule has 0 aromatic rings. The third-order valence-electron chi connectivity index (χ3n) is 4.75. The van der Waals surface area contributed by atoms with Crippen LogP contribution >= 0.6 is 0 Å². The molecule has 3 unspecified atom stereocenters. The van der Waals surface area contributed by atoms with Gasteiger partial charge >= 0.3 is 0 Å². The third-order valence-corrected chi connectivity index (χ3v) is 4.75. The Morgan fingerprint density at radius 3 is 2.33 bits per heavy atom. The van der Waals surface area contributed by atoms with Crippen molar-refractivity contribution in [1.82, 2.24) is 0 Å². The van der Waals surface area contributed by atoms with Crippen LogP contribution in [0.5, 0.6) is 0 Å². The van der Waals surface area contributed by atoms with Gasteiger partial charge in [0.2, 0.25) is 0 Å². The van der Waals surface area contributed by atoms with Gasteiger partial charge in [-0.3, -0.25) is 0 Å². The second kappa shape index (κ2) is 2.25. The molecule has 2 saturated carbocycles. The number of aliphatic hydroxyl groups excluding tert-OH is 1. The molecule has 0 aromatic heterocycles. The van der Waals surface area contributed by atoms with Crippen molar-refractivity contribution < 1.29 is 5.11 Å². The summed E-state index contributed by atoms with van der Waals surface area (Å²) in [4.78, 5) is 0. The molecule has 12 heavy (non-hydrogen) atoms. The molecule has 1 nitrogen and oxygen atoms in total. The van der Waals surface area contributed by atoms with Crippen molar-refractivity contribution in [2.45, 2.75) is 40.0 Å². The van der Waals surface area contributed by atoms with Crippen molar-refractivity contribution >= 4 is 0 Å². The van der Waals surface area contributed by atoms with Crippen molar-refractivity contribution in [2.75, 3.05) is 6.61 Å². The van der Waals surface area contributed by atoms with Gasteiger partial charge in [0, 0.05) is 6.61 Å². The molecule has 0 heterocycles. The van der Waals surface area contributed by atoms with Crippen molar-refractivity contribution in [3.05, 3.63) is 0 Å². The minimum absolute atomic E-state index is 0.389. The van der Waals surface area contributed by atoms with Crippen molar-refractivity contribution in [3.8, 4) is 0 Å². The average molecular weight is 168 g/mol. The zero-order chi connectivity index (χ0) is 8.98. The van der Waals surface area contributed by atoms with Crippen LogP contribution in [0.15, 0.2) is 0 Å². The number of fused-ring (bicyclic) bond motifs is 2. The highest BCUT2D eigenvalue weighted by Gasteiger charge is 2.58. The van der Waals surface area contributed by atoms with Gasteiger partial charge in [-0.05, 0) is 41.9 Å². The highest BCUT2D eigenvalue weighted by Crippen LogP contribution is 2.65. The maximum atomic E-state index is 9.39. The van der Waals surface area contributed by atoms with Crippen LogP contribution in [0.25, 0.3) is 0 Å². The van der Waals surface area contributed by atoms with Gasteiger partial charge in [-0.1, -0.05) is 20.8 Å². The first kappa shape index (κ1) is 8.55. The Kier molecular flexibility index (Phi) is 1.61. The highest BCUT2D eigenvalue weighted by molar-refractivity contribution is 5.07. The second-order valence-electron chi connectivity index (χ2n) is 5.65. The fraction of sp³-hybridized carbons (Fsp3) is 1.00. The fourth-order valence-corrected chi connectivity index (χ4v) is 3.86. The molecule has 2 bridgehead atoms. The molecule has 2 aliphatic carbocycles. The first-order chi connectivity index (χ1) is 5.50. The highest BCUT2D eigenvalue weighted by atomic mass is 16.3. The molecule has 2 rings (SSSR count). The third kappa shape index (κ3) is 0.834. The number of aliphatic hydroxyl groups is 1. The van der Waals surface area contributed by atoms with E-state index in [-0.39, 0.29) is 0 Å². The predicted molar refractivity (Wildman–Crippen MR) is 49.8 cm³/mol. The summed E-state index contributed by atoms with van der Waals surface area (Å²) in [5, 5.41) is 9.39. The Hall–Kier alpha value is -0.0400. The first-order valence-electron chi connectivity index (χ1n) is 5.11. The normalized spacial score (nSPS) is 50.0. The van der Waals surface area contributed by atoms with Crippen LogP contribution in [0.1, 0.15) is 40.0 Å². The summed E-state index contributed by atoms with van der Waals surface area (Å²) in [5.41, 5.74) is 0.852. The molecule has 0 spiro atoms. The van der Waals surface area contributed by atoms with Crippen LogP contribution in [-0.2, 0) is 0 Å². The fourth-order valence-electron chi connectivity index (χ4n) is 3.86. The molecule has 1 heteroatoms. The van der Waals surface area contributed by atoms with Crippen LogP contribution in [-0.4, -0.2) is 11.7 Å². The Morgan fingerprint density at radius 1 is 1.33 bits per heavy atom. The smallest absolute Gasteiger partial charge is 0.0469 e. The van der Waals surface area contributed by atoms with Crippen LogP contribution in [0.2, 0.25) is 0 Å². The largest absolute Gasteiger partial charge is 0.396 e. The standard InChI is InChI=1S/C11H20O/c1-10(2)8-4-5-11(3,6-8)9(10)7-12/h8-9,12H,4-7H2,1-3H3. The summed E-state index contributed by atoms with van der Waals surface area (Å²) in [7, 11) is 0. The first-order valence-corrected chi connectivity index (χ1v) is 5.11. The molecular weight excluding hydrogens is 148 g/mol. The maximum absolute atomic E-state index is 9.39. The lowest BCUT2D eigenvalue weighted by Gasteiger charge is -2.41. The quantitative estimate of drug-likeness (QED) is 0.637. The molecule has 2 fully saturated rings. The second-order valence-corrected chi connectivity index (χ2v) is 5.65. The van der Waals surface area contributed by atoms with Crippen molar-refractivity contribution in [2.24, 2.45) is 22.7 Å². The van der Waals surface area contributed by atoms with Gasteiger partial charge in [0.15, 0.2) is 0 Å². The molecular formula is C11H20O. The average Bonchev–Trinajstić information content (AvgIpc) is 2.39. The van der Waals surface area contributed by atoms with E-state index in [2.05, 4.69) is 20.8 Å². The van der Waals surface area contributed by atoms with E-state index in [0.717, 1.165) is 5.92 Å². The minimum Gasteiger partial charge on any atom is -0.396 e. The Bertz CT molecular complexity index is 192. The Labute approximate surface area is 75.2 Å². The van der Waals surface area contributed by atoms with Gasteiger partial charge < -0.3 is 5.11 Å². The molecule has 0 saturated heterocycles. The van der Waals surface area contributed by atoms with Crippen molar-refractivity contribution in [3.63, 3.8) is 0 Å². The molecule has 2 aliphatic rings. The zero-order valence-corrected chi connectivity index (χ0v) is 8.43. The number of rotatable bonds is 1. The Morgan fingerprint density at radius 2 is 2.00 bits per heavy atom. The molecule has 0 amide bonds. The summed E-state index contributed by atoms with van der Waals surface area (Å²) in [6.07, 6.45) is 4.08. The van der Waals surface area contributed by atoms with E-state index in [1.165, 1.54) is 19.3 Å². The van der Waals surface area contributed by atoms with E-state index >= 15 is 0 Å². The van der Waals surface area contributed by atoms with E-state index < -0.39 is 0 Å². The van der Waals surface area contributed by atoms with Crippen LogP contribution in [0.3, 0.4) is 0 Å². The topological polar surface area (TPSA) is 20.2 Å². The predicted octanol–water partition coefficient (Wildman–Crippen LogP) is 2.44. The molecule has 70 valence electrons. The van der Waals surface area contributed by atoms with Gasteiger partial charge in [0.1, 0.15) is 0 Å². The zero-order valence-electron chi connectivity index (χ0n) is 8.43. The van der Waals surface area contributed by atoms with Crippen LogP contribution in [0, 0.1) is 22.7 Å². The summed E-state index contributed by atoms with van der Waals surface area (Å²) in [6.45, 7) is 7.43. The lowest BCUT2D eigenvalue weighted by molar-refractivity contribution is 0.0242. The van der Waals surface area contributed by atoms with Gasteiger partial charge in [0.05, 0.1) is 0 Å². The van der Waals surface area contributed by atoms with Gasteiger partial charge in [-0.25, -0.2) is 0 Å². The summed E-state index contributed by atoms with van der Waals surface area (Å²) in [6, 6.07) is 0. The van der Waals surface area contributed by atoms with E-state index in [0.29, 0.717) is 23.4 Å². The monoisotopic (exact) mass is 168 g/mol. The van der Waals surface area contributed by atoms with Gasteiger partial charge in [-0.2, -0.15) is 0 Å². The maximum Gasteiger partial charge on any atom is 0.0469 e. The molecule has 0 aromatic carbocycles. The van der Waals surface area contributed by atoms with Crippen LogP contribution in [0.4, 0.5) is 0 Å².